The number of amides is 1. The lowest BCUT2D eigenvalue weighted by Crippen LogP contribution is -2.41. The fourth-order valence-electron chi connectivity index (χ4n) is 2.98. The van der Waals surface area contributed by atoms with Gasteiger partial charge in [0, 0.05) is 13.1 Å². The SMILES string of the molecule is CC1=C(C)C[C@@H](C(=O)O)[C@@H](C(=O)N2CCCC2)C1. The Morgan fingerprint density at radius 2 is 1.56 bits per heavy atom. The first-order chi connectivity index (χ1) is 8.50. The van der Waals surface area contributed by atoms with E-state index in [1.807, 2.05) is 18.7 Å². The summed E-state index contributed by atoms with van der Waals surface area (Å²) in [6, 6.07) is 0. The molecule has 0 unspecified atom stereocenters. The van der Waals surface area contributed by atoms with Gasteiger partial charge in [0.2, 0.25) is 5.91 Å². The molecule has 2 aliphatic rings. The van der Waals surface area contributed by atoms with Crippen LogP contribution in [0.5, 0.6) is 0 Å². The molecule has 0 radical (unpaired) electrons. The van der Waals surface area contributed by atoms with E-state index in [0.29, 0.717) is 12.8 Å². The molecule has 0 aromatic rings. The van der Waals surface area contributed by atoms with Crippen molar-refractivity contribution in [2.45, 2.75) is 39.5 Å². The first kappa shape index (κ1) is 13.1. The first-order valence-electron chi connectivity index (χ1n) is 6.67. The second kappa shape index (κ2) is 5.12. The summed E-state index contributed by atoms with van der Waals surface area (Å²) < 4.78 is 0. The Bertz CT molecular complexity index is 394. The van der Waals surface area contributed by atoms with Gasteiger partial charge in [0.1, 0.15) is 0 Å². The fraction of sp³-hybridized carbons (Fsp3) is 0.714. The molecule has 1 saturated heterocycles. The van der Waals surface area contributed by atoms with Gasteiger partial charge in [-0.05, 0) is 39.5 Å². The van der Waals surface area contributed by atoms with Crippen LogP contribution >= 0.6 is 0 Å². The number of likely N-dealkylation sites (tertiary alicyclic amines) is 1. The Balaban J connectivity index is 2.18. The van der Waals surface area contributed by atoms with E-state index >= 15 is 0 Å². The lowest BCUT2D eigenvalue weighted by Gasteiger charge is -2.32. The zero-order valence-electron chi connectivity index (χ0n) is 11.1. The molecular weight excluding hydrogens is 230 g/mol. The second-order valence-corrected chi connectivity index (χ2v) is 5.55. The van der Waals surface area contributed by atoms with Crippen LogP contribution in [-0.4, -0.2) is 35.0 Å². The number of hydrogen-bond donors (Lipinski definition) is 1. The molecule has 2 atom stereocenters. The summed E-state index contributed by atoms with van der Waals surface area (Å²) in [5.74, 6) is -1.68. The van der Waals surface area contributed by atoms with Crippen molar-refractivity contribution < 1.29 is 14.7 Å². The standard InChI is InChI=1S/C14H21NO3/c1-9-7-11(12(14(17)18)8-10(9)2)13(16)15-5-3-4-6-15/h11-12H,3-8H2,1-2H3,(H,17,18)/t11-,12+/m0/s1. The number of allylic oxidation sites excluding steroid dienone is 2. The van der Waals surface area contributed by atoms with Crippen molar-refractivity contribution in [3.63, 3.8) is 0 Å². The van der Waals surface area contributed by atoms with E-state index in [2.05, 4.69) is 0 Å². The van der Waals surface area contributed by atoms with Gasteiger partial charge in [-0.15, -0.1) is 0 Å². The second-order valence-electron chi connectivity index (χ2n) is 5.55. The fourth-order valence-corrected chi connectivity index (χ4v) is 2.98. The van der Waals surface area contributed by atoms with Gasteiger partial charge in [0.25, 0.3) is 0 Å². The summed E-state index contributed by atoms with van der Waals surface area (Å²) in [4.78, 5) is 25.6. The summed E-state index contributed by atoms with van der Waals surface area (Å²) in [5, 5.41) is 9.31. The van der Waals surface area contributed by atoms with Crippen LogP contribution in [0.15, 0.2) is 11.1 Å². The van der Waals surface area contributed by atoms with Crippen molar-refractivity contribution in [3.8, 4) is 0 Å². The van der Waals surface area contributed by atoms with E-state index in [4.69, 9.17) is 0 Å². The van der Waals surface area contributed by atoms with Gasteiger partial charge < -0.3 is 10.0 Å². The Labute approximate surface area is 108 Å². The van der Waals surface area contributed by atoms with Crippen molar-refractivity contribution in [3.05, 3.63) is 11.1 Å². The average Bonchev–Trinajstić information content (AvgIpc) is 2.84. The number of aliphatic carboxylic acids is 1. The normalized spacial score (nSPS) is 28.7. The molecule has 0 bridgehead atoms. The van der Waals surface area contributed by atoms with Gasteiger partial charge in [-0.25, -0.2) is 0 Å². The van der Waals surface area contributed by atoms with Crippen molar-refractivity contribution >= 4 is 11.9 Å². The molecule has 4 nitrogen and oxygen atoms in total. The first-order valence-corrected chi connectivity index (χ1v) is 6.67. The topological polar surface area (TPSA) is 57.6 Å². The van der Waals surface area contributed by atoms with E-state index in [0.717, 1.165) is 31.5 Å². The predicted molar refractivity (Wildman–Crippen MR) is 68.0 cm³/mol. The van der Waals surface area contributed by atoms with Gasteiger partial charge >= 0.3 is 5.97 Å². The highest BCUT2D eigenvalue weighted by atomic mass is 16.4. The van der Waals surface area contributed by atoms with Crippen molar-refractivity contribution in [1.82, 2.24) is 4.90 Å². The third-order valence-electron chi connectivity index (χ3n) is 4.32. The Kier molecular flexibility index (Phi) is 3.73. The quantitative estimate of drug-likeness (QED) is 0.764. The third kappa shape index (κ3) is 2.42. The molecule has 0 aromatic carbocycles. The summed E-state index contributed by atoms with van der Waals surface area (Å²) >= 11 is 0. The highest BCUT2D eigenvalue weighted by molar-refractivity contribution is 5.85. The van der Waals surface area contributed by atoms with Gasteiger partial charge in [0.15, 0.2) is 0 Å². The van der Waals surface area contributed by atoms with Crippen LogP contribution in [0.1, 0.15) is 39.5 Å². The maximum absolute atomic E-state index is 12.4. The van der Waals surface area contributed by atoms with Crippen molar-refractivity contribution in [2.24, 2.45) is 11.8 Å². The van der Waals surface area contributed by atoms with Crippen LogP contribution in [0, 0.1) is 11.8 Å². The van der Waals surface area contributed by atoms with Crippen molar-refractivity contribution in [1.29, 1.82) is 0 Å². The van der Waals surface area contributed by atoms with Crippen LogP contribution in [-0.2, 0) is 9.59 Å². The number of carboxylic acid groups (broad SMARTS) is 1. The lowest BCUT2D eigenvalue weighted by atomic mass is 9.76. The number of carbonyl (C=O) groups is 2. The van der Waals surface area contributed by atoms with Gasteiger partial charge in [0.05, 0.1) is 11.8 Å². The summed E-state index contributed by atoms with van der Waals surface area (Å²) in [7, 11) is 0. The molecule has 1 aliphatic heterocycles. The molecule has 1 aliphatic carbocycles. The molecule has 18 heavy (non-hydrogen) atoms. The highest BCUT2D eigenvalue weighted by Crippen LogP contribution is 2.35. The Morgan fingerprint density at radius 3 is 2.06 bits per heavy atom. The van der Waals surface area contributed by atoms with Crippen LogP contribution in [0.2, 0.25) is 0 Å². The molecule has 4 heteroatoms. The Hall–Kier alpha value is -1.32. The molecule has 2 rings (SSSR count). The number of nitrogens with zero attached hydrogens (tertiary/aromatic N) is 1. The number of carboxylic acids is 1. The monoisotopic (exact) mass is 251 g/mol. The molecule has 0 spiro atoms. The minimum Gasteiger partial charge on any atom is -0.481 e. The minimum absolute atomic E-state index is 0.0479. The molecular formula is C14H21NO3. The van der Waals surface area contributed by atoms with Crippen LogP contribution in [0.25, 0.3) is 0 Å². The highest BCUT2D eigenvalue weighted by Gasteiger charge is 2.39. The molecule has 100 valence electrons. The van der Waals surface area contributed by atoms with E-state index in [1.54, 1.807) is 0 Å². The van der Waals surface area contributed by atoms with Gasteiger partial charge in [-0.2, -0.15) is 0 Å². The zero-order chi connectivity index (χ0) is 13.3. The average molecular weight is 251 g/mol. The largest absolute Gasteiger partial charge is 0.481 e. The van der Waals surface area contributed by atoms with E-state index in [-0.39, 0.29) is 11.8 Å². The molecule has 1 N–H and O–H groups in total. The smallest absolute Gasteiger partial charge is 0.307 e. The third-order valence-corrected chi connectivity index (χ3v) is 4.32. The van der Waals surface area contributed by atoms with E-state index in [9.17, 15) is 14.7 Å². The van der Waals surface area contributed by atoms with Crippen LogP contribution in [0.3, 0.4) is 0 Å². The maximum Gasteiger partial charge on any atom is 0.307 e. The van der Waals surface area contributed by atoms with Crippen LogP contribution < -0.4 is 0 Å². The zero-order valence-corrected chi connectivity index (χ0v) is 11.1. The summed E-state index contributed by atoms with van der Waals surface area (Å²) in [5.41, 5.74) is 2.32. The summed E-state index contributed by atoms with van der Waals surface area (Å²) in [6.45, 7) is 5.58. The molecule has 1 heterocycles. The minimum atomic E-state index is -0.834. The Morgan fingerprint density at radius 1 is 1.06 bits per heavy atom. The molecule has 1 fully saturated rings. The molecule has 1 amide bonds. The maximum atomic E-state index is 12.4. The van der Waals surface area contributed by atoms with E-state index < -0.39 is 11.9 Å². The number of rotatable bonds is 2. The van der Waals surface area contributed by atoms with Crippen LogP contribution in [0.4, 0.5) is 0 Å². The lowest BCUT2D eigenvalue weighted by molar-refractivity contribution is -0.150. The summed E-state index contributed by atoms with van der Waals surface area (Å²) in [6.07, 6.45) is 3.22. The molecule has 0 saturated carbocycles. The van der Waals surface area contributed by atoms with E-state index in [1.165, 1.54) is 5.57 Å². The predicted octanol–water partition coefficient (Wildman–Crippen LogP) is 2.06. The number of carbonyl (C=O) groups excluding carboxylic acids is 1. The number of hydrogen-bond acceptors (Lipinski definition) is 2. The van der Waals surface area contributed by atoms with Gasteiger partial charge in [-0.1, -0.05) is 11.1 Å². The van der Waals surface area contributed by atoms with Crippen molar-refractivity contribution in [2.75, 3.05) is 13.1 Å². The molecule has 0 aromatic heterocycles. The van der Waals surface area contributed by atoms with Gasteiger partial charge in [-0.3, -0.25) is 9.59 Å².